The third-order valence-electron chi connectivity index (χ3n) is 7.34. The van der Waals surface area contributed by atoms with Gasteiger partial charge in [0.05, 0.1) is 27.8 Å². The highest BCUT2D eigenvalue weighted by Crippen LogP contribution is 2.53. The average Bonchev–Trinajstić information content (AvgIpc) is 3.49. The van der Waals surface area contributed by atoms with E-state index in [0.717, 1.165) is 64.4 Å². The fourth-order valence-electron chi connectivity index (χ4n) is 5.34. The molecule has 3 atom stereocenters. The van der Waals surface area contributed by atoms with Crippen LogP contribution in [0.25, 0.3) is 0 Å². The van der Waals surface area contributed by atoms with E-state index in [1.807, 2.05) is 0 Å². The van der Waals surface area contributed by atoms with Crippen molar-refractivity contribution in [1.82, 2.24) is 4.98 Å². The van der Waals surface area contributed by atoms with E-state index >= 15 is 0 Å². The molecule has 16 heteroatoms. The van der Waals surface area contributed by atoms with Crippen LogP contribution >= 0.6 is 23.1 Å². The smallest absolute Gasteiger partial charge is 0.416 e. The van der Waals surface area contributed by atoms with Crippen LogP contribution in [-0.2, 0) is 26.7 Å². The minimum atomic E-state index is -4.70. The molecule has 4 aromatic rings. The molecule has 2 aliphatic rings. The van der Waals surface area contributed by atoms with E-state index in [2.05, 4.69) is 10.3 Å². The molecule has 8 nitrogen and oxygen atoms in total. The standard InChI is InChI=1S/C30H19F6N3O5S2/c31-29(32,33)15-3-1-5-17(11-15)37-20(40)13-44-19-9-7-14(8-10-19)21-22-24(45-25-23(21)46-28(43)38-25)27(42)39(26(22)41)18-6-2-4-16(12-18)30(34,35)36/h1-12,21-22,24H,13H2,(H,37,40)(H,38,43)/t21-,22?,24?/m1/s1. The molecule has 3 heterocycles. The molecule has 1 fully saturated rings. The highest BCUT2D eigenvalue weighted by Gasteiger charge is 2.56. The van der Waals surface area contributed by atoms with Gasteiger partial charge in [-0.1, -0.05) is 47.4 Å². The Morgan fingerprint density at radius 3 is 2.20 bits per heavy atom. The van der Waals surface area contributed by atoms with Crippen molar-refractivity contribution in [3.05, 3.63) is 104 Å². The summed E-state index contributed by atoms with van der Waals surface area (Å²) in [6, 6.07) is 14.1. The first kappa shape index (κ1) is 31.4. The van der Waals surface area contributed by atoms with Gasteiger partial charge in [-0.15, -0.1) is 0 Å². The number of fused-ring (bicyclic) bond motifs is 2. The number of aromatic nitrogens is 1. The van der Waals surface area contributed by atoms with Crippen molar-refractivity contribution in [2.75, 3.05) is 16.8 Å². The number of alkyl halides is 6. The van der Waals surface area contributed by atoms with Crippen LogP contribution in [0.2, 0.25) is 0 Å². The van der Waals surface area contributed by atoms with Gasteiger partial charge in [-0.3, -0.25) is 19.2 Å². The van der Waals surface area contributed by atoms with Gasteiger partial charge in [0.25, 0.3) is 5.91 Å². The number of carbonyl (C=O) groups is 3. The molecule has 3 amide bonds. The molecule has 0 radical (unpaired) electrons. The summed E-state index contributed by atoms with van der Waals surface area (Å²) in [5.41, 5.74) is -1.74. The van der Waals surface area contributed by atoms with Crippen molar-refractivity contribution in [1.29, 1.82) is 0 Å². The van der Waals surface area contributed by atoms with Gasteiger partial charge in [-0.25, -0.2) is 4.90 Å². The second-order valence-electron chi connectivity index (χ2n) is 10.3. The van der Waals surface area contributed by atoms with Crippen LogP contribution in [0.3, 0.4) is 0 Å². The zero-order chi connectivity index (χ0) is 33.0. The van der Waals surface area contributed by atoms with Crippen molar-refractivity contribution in [2.24, 2.45) is 5.92 Å². The lowest BCUT2D eigenvalue weighted by atomic mass is 9.83. The number of imide groups is 1. The van der Waals surface area contributed by atoms with Crippen molar-refractivity contribution < 1.29 is 45.5 Å². The summed E-state index contributed by atoms with van der Waals surface area (Å²) in [6.45, 7) is -0.539. The van der Waals surface area contributed by atoms with Crippen LogP contribution < -0.4 is 19.8 Å². The lowest BCUT2D eigenvalue weighted by molar-refractivity contribution is -0.138. The molecule has 0 aliphatic carbocycles. The second-order valence-corrected chi connectivity index (χ2v) is 12.5. The second kappa shape index (κ2) is 11.7. The number of nitrogens with zero attached hydrogens (tertiary/aromatic N) is 1. The number of amides is 3. The SMILES string of the molecule is O=C(COc1ccc([C@H]2c3sc(=O)[nH]c3SC3C(=O)N(c4cccc(C(F)(F)F)c4)C(=O)C32)cc1)Nc1cccc(C(F)(F)F)c1. The molecule has 2 unspecified atom stereocenters. The van der Waals surface area contributed by atoms with Gasteiger partial charge >= 0.3 is 17.2 Å². The van der Waals surface area contributed by atoms with E-state index in [4.69, 9.17) is 4.74 Å². The Bertz CT molecular complexity index is 1900. The van der Waals surface area contributed by atoms with E-state index in [9.17, 15) is 45.5 Å². The van der Waals surface area contributed by atoms with Crippen molar-refractivity contribution in [3.63, 3.8) is 0 Å². The molecule has 2 N–H and O–H groups in total. The number of anilines is 2. The van der Waals surface area contributed by atoms with Crippen LogP contribution in [-0.4, -0.2) is 34.6 Å². The summed E-state index contributed by atoms with van der Waals surface area (Å²) in [7, 11) is 0. The lowest BCUT2D eigenvalue weighted by Gasteiger charge is -2.29. The number of hydrogen-bond acceptors (Lipinski definition) is 7. The summed E-state index contributed by atoms with van der Waals surface area (Å²) in [4.78, 5) is 55.4. The quantitative estimate of drug-likeness (QED) is 0.183. The fourth-order valence-corrected chi connectivity index (χ4v) is 7.86. The van der Waals surface area contributed by atoms with Gasteiger partial charge in [0.2, 0.25) is 11.8 Å². The van der Waals surface area contributed by atoms with Gasteiger partial charge < -0.3 is 15.0 Å². The predicted octanol–water partition coefficient (Wildman–Crippen LogP) is 6.29. The maximum atomic E-state index is 13.8. The molecule has 2 aliphatic heterocycles. The third kappa shape index (κ3) is 6.01. The summed E-state index contributed by atoms with van der Waals surface area (Å²) in [5, 5.41) is 1.68. The maximum absolute atomic E-state index is 13.8. The topological polar surface area (TPSA) is 109 Å². The Labute approximate surface area is 263 Å². The van der Waals surface area contributed by atoms with Gasteiger partial charge in [0.1, 0.15) is 11.0 Å². The Hall–Kier alpha value is -4.57. The monoisotopic (exact) mass is 679 g/mol. The Kier molecular flexibility index (Phi) is 7.96. The van der Waals surface area contributed by atoms with Crippen molar-refractivity contribution in [2.45, 2.75) is 28.5 Å². The van der Waals surface area contributed by atoms with E-state index in [0.29, 0.717) is 15.5 Å². The molecule has 238 valence electrons. The molecule has 0 spiro atoms. The molecule has 6 rings (SSSR count). The zero-order valence-electron chi connectivity index (χ0n) is 22.9. The van der Waals surface area contributed by atoms with E-state index in [1.165, 1.54) is 24.3 Å². The molecule has 0 bridgehead atoms. The molecule has 46 heavy (non-hydrogen) atoms. The average molecular weight is 680 g/mol. The maximum Gasteiger partial charge on any atom is 0.416 e. The number of benzene rings is 3. The minimum absolute atomic E-state index is 0.0697. The Morgan fingerprint density at radius 2 is 1.52 bits per heavy atom. The number of ether oxygens (including phenoxy) is 1. The minimum Gasteiger partial charge on any atom is -0.484 e. The van der Waals surface area contributed by atoms with Crippen LogP contribution in [0.15, 0.2) is 82.6 Å². The first-order valence-electron chi connectivity index (χ1n) is 13.4. The number of aromatic amines is 1. The number of hydrogen-bond donors (Lipinski definition) is 2. The number of nitrogens with one attached hydrogen (secondary N) is 2. The number of thiazole rings is 1. The largest absolute Gasteiger partial charge is 0.484 e. The number of H-pyrrole nitrogens is 1. The first-order valence-corrected chi connectivity index (χ1v) is 15.0. The zero-order valence-corrected chi connectivity index (χ0v) is 24.6. The number of halogens is 6. The first-order chi connectivity index (χ1) is 21.7. The van der Waals surface area contributed by atoms with Crippen molar-refractivity contribution >= 4 is 52.2 Å². The van der Waals surface area contributed by atoms with E-state index < -0.39 is 69.8 Å². The Balaban J connectivity index is 1.22. The fraction of sp³-hybridized carbons (Fsp3) is 0.200. The van der Waals surface area contributed by atoms with Gasteiger partial charge in [0.15, 0.2) is 6.61 Å². The van der Waals surface area contributed by atoms with Gasteiger partial charge in [-0.2, -0.15) is 26.3 Å². The third-order valence-corrected chi connectivity index (χ3v) is 9.74. The highest BCUT2D eigenvalue weighted by atomic mass is 32.2. The van der Waals surface area contributed by atoms with Crippen LogP contribution in [0, 0.1) is 5.92 Å². The molecule has 0 saturated carbocycles. The Morgan fingerprint density at radius 1 is 0.870 bits per heavy atom. The van der Waals surface area contributed by atoms with Crippen LogP contribution in [0.5, 0.6) is 5.75 Å². The molecule has 3 aromatic carbocycles. The van der Waals surface area contributed by atoms with Crippen molar-refractivity contribution in [3.8, 4) is 5.75 Å². The summed E-state index contributed by atoms with van der Waals surface area (Å²) in [6.07, 6.45) is -9.28. The van der Waals surface area contributed by atoms with Gasteiger partial charge in [0, 0.05) is 16.5 Å². The van der Waals surface area contributed by atoms with E-state index in [-0.39, 0.29) is 17.1 Å². The van der Waals surface area contributed by atoms with Crippen LogP contribution in [0.1, 0.15) is 27.5 Å². The normalized spacial score (nSPS) is 19.5. The number of rotatable bonds is 6. The molecule has 1 saturated heterocycles. The predicted molar refractivity (Wildman–Crippen MR) is 156 cm³/mol. The molecule has 1 aromatic heterocycles. The number of thioether (sulfide) groups is 1. The van der Waals surface area contributed by atoms with Gasteiger partial charge in [-0.05, 0) is 54.1 Å². The lowest BCUT2D eigenvalue weighted by Crippen LogP contribution is -2.32. The summed E-state index contributed by atoms with van der Waals surface area (Å²) in [5.74, 6) is -3.81. The van der Waals surface area contributed by atoms with E-state index in [1.54, 1.807) is 12.1 Å². The molecular formula is C30H19F6N3O5S2. The van der Waals surface area contributed by atoms with Crippen LogP contribution in [0.4, 0.5) is 37.7 Å². The highest BCUT2D eigenvalue weighted by molar-refractivity contribution is 8.00. The molecular weight excluding hydrogens is 660 g/mol. The summed E-state index contributed by atoms with van der Waals surface area (Å²) < 4.78 is 84.5. The number of carbonyl (C=O) groups excluding carboxylic acids is 3. The summed E-state index contributed by atoms with van der Waals surface area (Å²) >= 11 is 1.83.